The van der Waals surface area contributed by atoms with Crippen molar-refractivity contribution in [2.24, 2.45) is 5.41 Å². The Hall–Kier alpha value is -2.59. The summed E-state index contributed by atoms with van der Waals surface area (Å²) >= 11 is 0. The summed E-state index contributed by atoms with van der Waals surface area (Å²) in [6.45, 7) is 10.1. The monoisotopic (exact) mass is 466 g/mol. The van der Waals surface area contributed by atoms with Crippen LogP contribution in [0.4, 0.5) is 9.59 Å². The second kappa shape index (κ2) is 11.3. The van der Waals surface area contributed by atoms with E-state index in [1.54, 1.807) is 11.5 Å². The molecule has 9 nitrogen and oxygen atoms in total. The zero-order chi connectivity index (χ0) is 23.9. The lowest BCUT2D eigenvalue weighted by Gasteiger charge is -2.49. The predicted molar refractivity (Wildman–Crippen MR) is 121 cm³/mol. The van der Waals surface area contributed by atoms with E-state index in [0.717, 1.165) is 5.56 Å². The molecule has 1 heterocycles. The van der Waals surface area contributed by atoms with E-state index < -0.39 is 40.3 Å². The predicted octanol–water partition coefficient (Wildman–Crippen LogP) is 2.58. The van der Waals surface area contributed by atoms with Gasteiger partial charge < -0.3 is 28.8 Å². The van der Waals surface area contributed by atoms with Gasteiger partial charge in [-0.3, -0.25) is 4.79 Å². The van der Waals surface area contributed by atoms with Gasteiger partial charge in [0.25, 0.3) is 0 Å². The third kappa shape index (κ3) is 7.23. The Kier molecular flexibility index (Phi) is 9.08. The van der Waals surface area contributed by atoms with Gasteiger partial charge in [-0.25, -0.2) is 9.59 Å². The molecule has 2 amide bonds. The SMILES string of the molecule is COC(C)OC(=O)OCC1C(NC(=O)OCc2ccccc2)C(=O)N1[SiH2]C(C)C(C)(C)C. The van der Waals surface area contributed by atoms with E-state index in [1.165, 1.54) is 7.11 Å². The van der Waals surface area contributed by atoms with Gasteiger partial charge in [0.1, 0.15) is 28.9 Å². The van der Waals surface area contributed by atoms with Crippen LogP contribution in [0, 0.1) is 5.41 Å². The van der Waals surface area contributed by atoms with Crippen LogP contribution in [0.2, 0.25) is 5.54 Å². The first-order valence-corrected chi connectivity index (χ1v) is 12.1. The standard InChI is InChI=1S/C22H34N2O7Si/c1-14(22(3,4)5)32-24-17(13-30-21(27)31-15(2)28-6)18(19(24)25)23-20(26)29-12-16-10-8-7-9-11-16/h7-11,14-15,17-18H,12-13,32H2,1-6H3,(H,23,26). The molecule has 1 saturated heterocycles. The van der Waals surface area contributed by atoms with E-state index in [0.29, 0.717) is 5.54 Å². The third-order valence-electron chi connectivity index (χ3n) is 5.74. The van der Waals surface area contributed by atoms with Gasteiger partial charge in [-0.1, -0.05) is 58.0 Å². The minimum absolute atomic E-state index is 0.0395. The van der Waals surface area contributed by atoms with Gasteiger partial charge >= 0.3 is 12.2 Å². The molecule has 10 heteroatoms. The lowest BCUT2D eigenvalue weighted by atomic mass is 9.93. The van der Waals surface area contributed by atoms with Crippen molar-refractivity contribution in [2.45, 2.75) is 65.1 Å². The molecule has 0 bridgehead atoms. The van der Waals surface area contributed by atoms with Crippen LogP contribution in [-0.2, 0) is 30.3 Å². The molecule has 0 saturated carbocycles. The van der Waals surface area contributed by atoms with Crippen LogP contribution in [-0.4, -0.2) is 64.5 Å². The number of carbonyl (C=O) groups is 3. The summed E-state index contributed by atoms with van der Waals surface area (Å²) < 4.78 is 22.0. The first-order chi connectivity index (χ1) is 15.0. The van der Waals surface area contributed by atoms with Crippen LogP contribution in [0.1, 0.15) is 40.2 Å². The maximum absolute atomic E-state index is 12.8. The Morgan fingerprint density at radius 1 is 1.16 bits per heavy atom. The van der Waals surface area contributed by atoms with Crippen LogP contribution in [0.15, 0.2) is 30.3 Å². The van der Waals surface area contributed by atoms with Crippen LogP contribution in [0.3, 0.4) is 0 Å². The maximum atomic E-state index is 12.8. The highest BCUT2D eigenvalue weighted by atomic mass is 28.2. The van der Waals surface area contributed by atoms with Crippen molar-refractivity contribution in [1.29, 1.82) is 0 Å². The Balaban J connectivity index is 1.98. The number of nitrogens with one attached hydrogen (secondary N) is 1. The average molecular weight is 467 g/mol. The number of amides is 2. The number of carbonyl (C=O) groups excluding carboxylic acids is 3. The van der Waals surface area contributed by atoms with E-state index in [4.69, 9.17) is 18.9 Å². The number of rotatable bonds is 9. The minimum atomic E-state index is -1.01. The molecule has 1 aliphatic rings. The summed E-state index contributed by atoms with van der Waals surface area (Å²) in [5.41, 5.74) is 1.20. The van der Waals surface area contributed by atoms with Crippen molar-refractivity contribution >= 4 is 27.8 Å². The number of benzene rings is 1. The van der Waals surface area contributed by atoms with Crippen LogP contribution in [0.25, 0.3) is 0 Å². The molecule has 32 heavy (non-hydrogen) atoms. The quantitative estimate of drug-likeness (QED) is 0.258. The number of hydrogen-bond donors (Lipinski definition) is 1. The molecule has 0 aromatic heterocycles. The van der Waals surface area contributed by atoms with Crippen LogP contribution >= 0.6 is 0 Å². The number of ether oxygens (including phenoxy) is 4. The number of β-lactam (4-membered cyclic amide) rings is 1. The van der Waals surface area contributed by atoms with Crippen molar-refractivity contribution in [3.63, 3.8) is 0 Å². The van der Waals surface area contributed by atoms with Crippen molar-refractivity contribution in [1.82, 2.24) is 9.88 Å². The molecule has 1 aliphatic heterocycles. The fourth-order valence-electron chi connectivity index (χ4n) is 3.01. The van der Waals surface area contributed by atoms with E-state index >= 15 is 0 Å². The molecule has 4 atom stereocenters. The molecule has 0 radical (unpaired) electrons. The average Bonchev–Trinajstić information content (AvgIpc) is 2.75. The first kappa shape index (κ1) is 25.7. The summed E-state index contributed by atoms with van der Waals surface area (Å²) in [6.07, 6.45) is -2.34. The number of alkyl carbamates (subject to hydrolysis) is 1. The summed E-state index contributed by atoms with van der Waals surface area (Å²) in [5.74, 6) is -0.184. The minimum Gasteiger partial charge on any atom is -0.445 e. The zero-order valence-corrected chi connectivity index (χ0v) is 21.0. The maximum Gasteiger partial charge on any atom is 0.510 e. The van der Waals surface area contributed by atoms with Crippen molar-refractivity contribution in [2.75, 3.05) is 13.7 Å². The molecule has 1 fully saturated rings. The Bertz CT molecular complexity index is 784. The smallest absolute Gasteiger partial charge is 0.445 e. The molecule has 1 aromatic carbocycles. The van der Waals surface area contributed by atoms with E-state index in [9.17, 15) is 14.4 Å². The summed E-state index contributed by atoms with van der Waals surface area (Å²) in [7, 11) is 0.400. The third-order valence-corrected chi connectivity index (χ3v) is 8.68. The van der Waals surface area contributed by atoms with E-state index in [2.05, 4.69) is 33.0 Å². The topological polar surface area (TPSA) is 103 Å². The fraction of sp³-hybridized carbons (Fsp3) is 0.591. The van der Waals surface area contributed by atoms with Crippen molar-refractivity contribution < 1.29 is 33.3 Å². The number of methoxy groups -OCH3 is 1. The van der Waals surface area contributed by atoms with E-state index in [1.807, 2.05) is 30.3 Å². The van der Waals surface area contributed by atoms with Crippen LogP contribution < -0.4 is 5.32 Å². The fourth-order valence-corrected chi connectivity index (χ4v) is 5.11. The lowest BCUT2D eigenvalue weighted by Crippen LogP contribution is -2.73. The van der Waals surface area contributed by atoms with Gasteiger partial charge in [0.05, 0.1) is 6.04 Å². The zero-order valence-electron chi connectivity index (χ0n) is 19.6. The van der Waals surface area contributed by atoms with Gasteiger partial charge in [-0.15, -0.1) is 0 Å². The molecule has 0 aliphatic carbocycles. The number of hydrogen-bond acceptors (Lipinski definition) is 7. The van der Waals surface area contributed by atoms with Crippen LogP contribution in [0.5, 0.6) is 0 Å². The van der Waals surface area contributed by atoms with Gasteiger partial charge in [0, 0.05) is 7.11 Å². The van der Waals surface area contributed by atoms with Gasteiger partial charge in [-0.05, 0) is 23.4 Å². The summed E-state index contributed by atoms with van der Waals surface area (Å²) in [4.78, 5) is 37.0. The highest BCUT2D eigenvalue weighted by Gasteiger charge is 2.49. The van der Waals surface area contributed by atoms with Crippen molar-refractivity contribution in [3.05, 3.63) is 35.9 Å². The molecular formula is C22H34N2O7Si. The Morgan fingerprint density at radius 2 is 1.81 bits per heavy atom. The number of nitrogens with zero attached hydrogens (tertiary/aromatic N) is 1. The molecule has 4 unspecified atom stereocenters. The summed E-state index contributed by atoms with van der Waals surface area (Å²) in [6, 6.07) is 7.97. The first-order valence-electron chi connectivity index (χ1n) is 10.7. The molecule has 178 valence electrons. The van der Waals surface area contributed by atoms with Crippen molar-refractivity contribution in [3.8, 4) is 0 Å². The highest BCUT2D eigenvalue weighted by Crippen LogP contribution is 2.33. The van der Waals surface area contributed by atoms with E-state index in [-0.39, 0.29) is 24.5 Å². The molecule has 2 rings (SSSR count). The van der Waals surface area contributed by atoms with Gasteiger partial charge in [0.15, 0.2) is 0 Å². The molecule has 1 aromatic rings. The lowest BCUT2D eigenvalue weighted by molar-refractivity contribution is -0.146. The second-order valence-corrected chi connectivity index (χ2v) is 11.3. The molecular weight excluding hydrogens is 432 g/mol. The van der Waals surface area contributed by atoms with Gasteiger partial charge in [-0.2, -0.15) is 0 Å². The highest BCUT2D eigenvalue weighted by molar-refractivity contribution is 6.41. The Labute approximate surface area is 191 Å². The normalized spacial score (nSPS) is 20.4. The van der Waals surface area contributed by atoms with Gasteiger partial charge in [0.2, 0.25) is 12.2 Å². The molecule has 0 spiro atoms. The Morgan fingerprint density at radius 3 is 2.41 bits per heavy atom. The summed E-state index contributed by atoms with van der Waals surface area (Å²) in [5, 5.41) is 2.62. The second-order valence-electron chi connectivity index (χ2n) is 8.99. The molecule has 1 N–H and O–H groups in total. The largest absolute Gasteiger partial charge is 0.510 e.